The van der Waals surface area contributed by atoms with E-state index in [4.69, 9.17) is 29.5 Å². The molecule has 8 heteroatoms. The monoisotopic (exact) mass is 418 g/mol. The molecule has 0 unspecified atom stereocenters. The van der Waals surface area contributed by atoms with Gasteiger partial charge >= 0.3 is 0 Å². The van der Waals surface area contributed by atoms with Gasteiger partial charge in [-0.2, -0.15) is 4.98 Å². The average Bonchev–Trinajstić information content (AvgIpc) is 2.74. The predicted molar refractivity (Wildman–Crippen MR) is 121 cm³/mol. The summed E-state index contributed by atoms with van der Waals surface area (Å²) in [5.41, 5.74) is 12.4. The lowest BCUT2D eigenvalue weighted by Gasteiger charge is -2.12. The minimum atomic E-state index is -0.122. The van der Waals surface area contributed by atoms with Gasteiger partial charge < -0.3 is 11.5 Å². The molecule has 0 spiro atoms. The largest absolute Gasteiger partial charge is 0.382 e. The number of nitrogens with zero attached hydrogens (tertiary/aromatic N) is 4. The number of anilines is 2. The maximum absolute atomic E-state index is 12.8. The van der Waals surface area contributed by atoms with Crippen molar-refractivity contribution >= 4 is 34.3 Å². The molecule has 30 heavy (non-hydrogen) atoms. The van der Waals surface area contributed by atoms with Crippen molar-refractivity contribution in [1.82, 2.24) is 19.5 Å². The van der Waals surface area contributed by atoms with Gasteiger partial charge in [-0.15, -0.1) is 6.42 Å². The Labute approximate surface area is 178 Å². The highest BCUT2D eigenvalue weighted by Crippen LogP contribution is 2.20. The minimum absolute atomic E-state index is 0.122. The zero-order chi connectivity index (χ0) is 21.7. The molecule has 0 saturated heterocycles. The van der Waals surface area contributed by atoms with Crippen LogP contribution in [0.25, 0.3) is 16.6 Å². The van der Waals surface area contributed by atoms with Crippen LogP contribution in [0.2, 0.25) is 5.02 Å². The average molecular weight is 419 g/mol. The van der Waals surface area contributed by atoms with Crippen LogP contribution in [0.5, 0.6) is 0 Å². The van der Waals surface area contributed by atoms with Gasteiger partial charge in [-0.05, 0) is 24.3 Å². The molecular weight excluding hydrogens is 400 g/mol. The summed E-state index contributed by atoms with van der Waals surface area (Å²) in [7, 11) is 0. The van der Waals surface area contributed by atoms with Gasteiger partial charge in [0.05, 0.1) is 33.4 Å². The van der Waals surface area contributed by atoms with Crippen molar-refractivity contribution in [3.63, 3.8) is 0 Å². The number of fused-ring (bicyclic) bond motifs is 1. The van der Waals surface area contributed by atoms with Crippen molar-refractivity contribution in [3.8, 4) is 18.0 Å². The Bertz CT molecular complexity index is 1300. The quantitative estimate of drug-likeness (QED) is 0.483. The van der Waals surface area contributed by atoms with Crippen LogP contribution in [-0.4, -0.2) is 19.5 Å². The molecule has 2 heterocycles. The second kappa shape index (κ2) is 9.07. The van der Waals surface area contributed by atoms with Crippen molar-refractivity contribution in [2.75, 3.05) is 11.5 Å². The van der Waals surface area contributed by atoms with Crippen molar-refractivity contribution in [2.24, 2.45) is 0 Å². The number of nitrogens with two attached hydrogens (primary N) is 2. The van der Waals surface area contributed by atoms with Gasteiger partial charge in [-0.3, -0.25) is 9.36 Å². The van der Waals surface area contributed by atoms with Crippen LogP contribution in [0, 0.1) is 12.3 Å². The molecule has 0 aliphatic rings. The lowest BCUT2D eigenvalue weighted by atomic mass is 10.2. The lowest BCUT2D eigenvalue weighted by Crippen LogP contribution is -2.23. The third-order valence-corrected chi connectivity index (χ3v) is 4.55. The maximum atomic E-state index is 12.8. The second-order valence-electron chi connectivity index (χ2n) is 6.16. The molecule has 7 nitrogen and oxygen atoms in total. The fourth-order valence-corrected chi connectivity index (χ4v) is 3.09. The summed E-state index contributed by atoms with van der Waals surface area (Å²) in [6, 6.07) is 14.8. The first-order valence-corrected chi connectivity index (χ1v) is 9.44. The highest BCUT2D eigenvalue weighted by Gasteiger charge is 2.13. The molecule has 0 aliphatic heterocycles. The Morgan fingerprint density at radius 1 is 1.10 bits per heavy atom. The summed E-state index contributed by atoms with van der Waals surface area (Å²) in [4.78, 5) is 24.6. The van der Waals surface area contributed by atoms with E-state index in [1.165, 1.54) is 6.20 Å². The van der Waals surface area contributed by atoms with Gasteiger partial charge in [0.15, 0.2) is 0 Å². The number of hydrogen-bond donors (Lipinski definition) is 2. The number of benzene rings is 2. The Hall–Kier alpha value is -3.89. The Balaban J connectivity index is 0.000000216. The highest BCUT2D eigenvalue weighted by molar-refractivity contribution is 6.35. The molecule has 2 aromatic heterocycles. The summed E-state index contributed by atoms with van der Waals surface area (Å²) in [6.45, 7) is 1.98. The van der Waals surface area contributed by atoms with E-state index >= 15 is 0 Å². The Morgan fingerprint density at radius 3 is 2.47 bits per heavy atom. The van der Waals surface area contributed by atoms with E-state index in [9.17, 15) is 4.79 Å². The fraction of sp³-hybridized carbons (Fsp3) is 0.0909. The Morgan fingerprint density at radius 2 is 1.83 bits per heavy atom. The fourth-order valence-electron chi connectivity index (χ4n) is 2.84. The zero-order valence-electron chi connectivity index (χ0n) is 16.2. The highest BCUT2D eigenvalue weighted by atomic mass is 35.5. The molecule has 0 amide bonds. The van der Waals surface area contributed by atoms with E-state index in [0.717, 1.165) is 11.5 Å². The molecule has 0 bridgehead atoms. The number of aryl methyl sites for hydroxylation is 1. The van der Waals surface area contributed by atoms with Crippen LogP contribution in [-0.2, 0) is 6.42 Å². The van der Waals surface area contributed by atoms with Gasteiger partial charge in [-0.1, -0.05) is 48.7 Å². The van der Waals surface area contributed by atoms with Gasteiger partial charge in [0.2, 0.25) is 5.95 Å². The second-order valence-corrected chi connectivity index (χ2v) is 6.57. The van der Waals surface area contributed by atoms with Crippen LogP contribution < -0.4 is 17.0 Å². The number of terminal acetylenes is 1. The van der Waals surface area contributed by atoms with Gasteiger partial charge in [0, 0.05) is 6.42 Å². The van der Waals surface area contributed by atoms with E-state index < -0.39 is 0 Å². The number of nitrogen functional groups attached to an aromatic ring is 2. The smallest absolute Gasteiger partial charge is 0.267 e. The summed E-state index contributed by atoms with van der Waals surface area (Å²) in [6.07, 6.45) is 7.14. The molecule has 150 valence electrons. The first-order valence-electron chi connectivity index (χ1n) is 9.06. The normalized spacial score (nSPS) is 10.2. The van der Waals surface area contributed by atoms with Crippen LogP contribution >= 0.6 is 11.6 Å². The number of para-hydroxylation sites is 1. The standard InChI is InChI=1S/C16H13ClN2O.C6H6N4/c1-2-14-18-13-10-6-9-12(17)15(13)16(20)19(14)11-7-4-3-5-8-11;1-2-4-3-9-6(8)10-5(4)7/h3-10H,2H2,1H3;1,3H,(H4,7,8,9,10). The molecule has 0 fully saturated rings. The van der Waals surface area contributed by atoms with E-state index in [-0.39, 0.29) is 17.3 Å². The molecule has 4 N–H and O–H groups in total. The maximum Gasteiger partial charge on any atom is 0.267 e. The molecule has 2 aromatic carbocycles. The topological polar surface area (TPSA) is 113 Å². The molecule has 0 radical (unpaired) electrons. The van der Waals surface area contributed by atoms with Crippen molar-refractivity contribution in [3.05, 3.63) is 81.5 Å². The van der Waals surface area contributed by atoms with E-state index in [1.54, 1.807) is 10.6 Å². The minimum Gasteiger partial charge on any atom is -0.382 e. The number of rotatable bonds is 2. The van der Waals surface area contributed by atoms with Crippen molar-refractivity contribution in [1.29, 1.82) is 0 Å². The van der Waals surface area contributed by atoms with Crippen LogP contribution in [0.15, 0.2) is 59.5 Å². The van der Waals surface area contributed by atoms with Gasteiger partial charge in [0.25, 0.3) is 5.56 Å². The van der Waals surface area contributed by atoms with Crippen molar-refractivity contribution in [2.45, 2.75) is 13.3 Å². The molecule has 4 rings (SSSR count). The lowest BCUT2D eigenvalue weighted by molar-refractivity contribution is 0.833. The zero-order valence-corrected chi connectivity index (χ0v) is 17.0. The van der Waals surface area contributed by atoms with E-state index in [2.05, 4.69) is 20.9 Å². The van der Waals surface area contributed by atoms with Crippen LogP contribution in [0.3, 0.4) is 0 Å². The molecule has 0 atom stereocenters. The molecule has 4 aromatic rings. The van der Waals surface area contributed by atoms with Gasteiger partial charge in [0.1, 0.15) is 11.6 Å². The van der Waals surface area contributed by atoms with Crippen LogP contribution in [0.1, 0.15) is 18.3 Å². The third-order valence-electron chi connectivity index (χ3n) is 4.24. The summed E-state index contributed by atoms with van der Waals surface area (Å²) in [5, 5.41) is 0.905. The number of halogens is 1. The third kappa shape index (κ3) is 4.24. The first-order chi connectivity index (χ1) is 14.5. The van der Waals surface area contributed by atoms with Gasteiger partial charge in [-0.25, -0.2) is 9.97 Å². The summed E-state index contributed by atoms with van der Waals surface area (Å²) in [5.74, 6) is 3.43. The van der Waals surface area contributed by atoms with E-state index in [0.29, 0.717) is 27.9 Å². The number of aromatic nitrogens is 4. The predicted octanol–water partition coefficient (Wildman–Crippen LogP) is 3.22. The summed E-state index contributed by atoms with van der Waals surface area (Å²) < 4.78 is 1.63. The van der Waals surface area contributed by atoms with E-state index in [1.807, 2.05) is 49.4 Å². The molecule has 0 saturated carbocycles. The number of hydrogen-bond acceptors (Lipinski definition) is 6. The van der Waals surface area contributed by atoms with Crippen LogP contribution in [0.4, 0.5) is 11.8 Å². The van der Waals surface area contributed by atoms with Crippen molar-refractivity contribution < 1.29 is 0 Å². The first kappa shape index (κ1) is 20.8. The Kier molecular flexibility index (Phi) is 6.30. The molecular formula is C22H19ClN6O. The SMILES string of the molecule is C#Cc1cnc(N)nc1N.CCc1nc2cccc(Cl)c2c(=O)n1-c1ccccc1. The summed E-state index contributed by atoms with van der Waals surface area (Å²) >= 11 is 6.16. The molecule has 0 aliphatic carbocycles.